The molecule has 2 N–H and O–H groups in total. The van der Waals surface area contributed by atoms with E-state index in [1.165, 1.54) is 7.11 Å². The van der Waals surface area contributed by atoms with Crippen LogP contribution in [-0.2, 0) is 13.0 Å². The summed E-state index contributed by atoms with van der Waals surface area (Å²) >= 11 is 0. The van der Waals surface area contributed by atoms with Crippen LogP contribution in [0.1, 0.15) is 36.8 Å². The Kier molecular flexibility index (Phi) is 10.7. The molecule has 10 heteroatoms. The van der Waals surface area contributed by atoms with Crippen LogP contribution in [0, 0.1) is 0 Å². The highest BCUT2D eigenvalue weighted by Crippen LogP contribution is 2.29. The Morgan fingerprint density at radius 3 is 2.55 bits per heavy atom. The van der Waals surface area contributed by atoms with Crippen molar-refractivity contribution in [2.24, 2.45) is 4.99 Å². The number of nitrogens with zero attached hydrogens (tertiary/aromatic N) is 2. The van der Waals surface area contributed by atoms with Crippen LogP contribution in [0.2, 0.25) is 0 Å². The molecule has 0 aliphatic rings. The van der Waals surface area contributed by atoms with E-state index in [1.54, 1.807) is 25.2 Å². The molecule has 1 aromatic heterocycles. The van der Waals surface area contributed by atoms with Crippen molar-refractivity contribution in [3.63, 3.8) is 0 Å². The minimum atomic E-state index is -2.90. The van der Waals surface area contributed by atoms with Crippen LogP contribution in [0.25, 0.3) is 0 Å². The first-order chi connectivity index (χ1) is 13.4. The third-order valence-corrected chi connectivity index (χ3v) is 3.97. The lowest BCUT2D eigenvalue weighted by molar-refractivity contribution is -0.0512. The van der Waals surface area contributed by atoms with Gasteiger partial charge in [-0.15, -0.1) is 24.0 Å². The number of rotatable bonds is 9. The molecule has 29 heavy (non-hydrogen) atoms. The summed E-state index contributed by atoms with van der Waals surface area (Å²) < 4.78 is 39.8. The summed E-state index contributed by atoms with van der Waals surface area (Å²) in [6.07, 6.45) is 0.587. The number of nitrogens with one attached hydrogen (secondary N) is 2. The molecule has 1 aromatic carbocycles. The largest absolute Gasteiger partial charge is 0.493 e. The first kappa shape index (κ1) is 24.9. The number of halogens is 3. The number of hydrogen-bond donors (Lipinski definition) is 2. The van der Waals surface area contributed by atoms with E-state index in [9.17, 15) is 8.78 Å². The van der Waals surface area contributed by atoms with E-state index in [1.807, 2.05) is 19.9 Å². The predicted molar refractivity (Wildman–Crippen MR) is 118 cm³/mol. The zero-order valence-corrected chi connectivity index (χ0v) is 19.2. The molecule has 0 aliphatic carbocycles. The number of ether oxygens (including phenoxy) is 2. The number of aliphatic imine (C=N–C) groups is 1. The lowest BCUT2D eigenvalue weighted by Gasteiger charge is -2.13. The van der Waals surface area contributed by atoms with Gasteiger partial charge < -0.3 is 24.6 Å². The molecule has 0 unspecified atom stereocenters. The van der Waals surface area contributed by atoms with Crippen LogP contribution >= 0.6 is 24.0 Å². The normalized spacial score (nSPS) is 11.4. The summed E-state index contributed by atoms with van der Waals surface area (Å²) in [4.78, 5) is 4.15. The lowest BCUT2D eigenvalue weighted by Crippen LogP contribution is -2.37. The zero-order valence-electron chi connectivity index (χ0n) is 16.9. The molecule has 0 amide bonds. The smallest absolute Gasteiger partial charge is 0.387 e. The summed E-state index contributed by atoms with van der Waals surface area (Å²) in [5, 5.41) is 10.3. The van der Waals surface area contributed by atoms with Gasteiger partial charge in [0.25, 0.3) is 0 Å². The fourth-order valence-electron chi connectivity index (χ4n) is 2.47. The Morgan fingerprint density at radius 2 is 1.97 bits per heavy atom. The molecule has 162 valence electrons. The second kappa shape index (κ2) is 12.5. The molecule has 0 fully saturated rings. The van der Waals surface area contributed by atoms with Crippen molar-refractivity contribution in [1.29, 1.82) is 0 Å². The van der Waals surface area contributed by atoms with E-state index in [4.69, 9.17) is 9.26 Å². The number of alkyl halides is 2. The van der Waals surface area contributed by atoms with E-state index >= 15 is 0 Å². The Hall–Kier alpha value is -2.11. The number of guanidine groups is 1. The quantitative estimate of drug-likeness (QED) is 0.294. The molecule has 0 aliphatic heterocycles. The molecule has 0 bridgehead atoms. The van der Waals surface area contributed by atoms with Crippen LogP contribution in [0.15, 0.2) is 33.8 Å². The summed E-state index contributed by atoms with van der Waals surface area (Å²) in [5.74, 6) is 1.90. The minimum Gasteiger partial charge on any atom is -0.493 e. The van der Waals surface area contributed by atoms with Crippen LogP contribution in [-0.4, -0.2) is 38.4 Å². The lowest BCUT2D eigenvalue weighted by atomic mass is 10.1. The molecule has 2 aromatic rings. The van der Waals surface area contributed by atoms with Crippen LogP contribution in [0.5, 0.6) is 11.5 Å². The van der Waals surface area contributed by atoms with Crippen molar-refractivity contribution in [2.45, 2.75) is 39.3 Å². The van der Waals surface area contributed by atoms with Crippen LogP contribution < -0.4 is 20.1 Å². The van der Waals surface area contributed by atoms with Gasteiger partial charge >= 0.3 is 6.61 Å². The SMILES string of the molecule is CN=C(NCCc1ccc(OC)c(OC(F)F)c1)NCc1cc(C(C)C)no1.I. The van der Waals surface area contributed by atoms with E-state index in [-0.39, 0.29) is 35.5 Å². The summed E-state index contributed by atoms with van der Waals surface area (Å²) in [6.45, 7) is 2.19. The Morgan fingerprint density at radius 1 is 1.21 bits per heavy atom. The third-order valence-electron chi connectivity index (χ3n) is 3.97. The van der Waals surface area contributed by atoms with Gasteiger partial charge in [-0.05, 0) is 30.0 Å². The van der Waals surface area contributed by atoms with Crippen molar-refractivity contribution in [3.05, 3.63) is 41.3 Å². The van der Waals surface area contributed by atoms with E-state index in [0.29, 0.717) is 31.4 Å². The monoisotopic (exact) mass is 524 g/mol. The predicted octanol–water partition coefficient (Wildman–Crippen LogP) is 3.93. The topological polar surface area (TPSA) is 80.9 Å². The fraction of sp³-hybridized carbons (Fsp3) is 0.474. The molecule has 0 saturated carbocycles. The maximum absolute atomic E-state index is 12.5. The van der Waals surface area contributed by atoms with Gasteiger partial charge in [0.1, 0.15) is 0 Å². The van der Waals surface area contributed by atoms with Gasteiger partial charge in [0.15, 0.2) is 23.2 Å². The van der Waals surface area contributed by atoms with Gasteiger partial charge in [0.05, 0.1) is 19.3 Å². The molecule has 2 rings (SSSR count). The van der Waals surface area contributed by atoms with E-state index < -0.39 is 6.61 Å². The molecule has 0 atom stereocenters. The highest BCUT2D eigenvalue weighted by molar-refractivity contribution is 14.0. The van der Waals surface area contributed by atoms with Crippen LogP contribution in [0.3, 0.4) is 0 Å². The molecule has 0 saturated heterocycles. The highest BCUT2D eigenvalue weighted by atomic mass is 127. The average Bonchev–Trinajstić information content (AvgIpc) is 3.13. The number of methoxy groups -OCH3 is 1. The molecular formula is C19H27F2IN4O3. The second-order valence-corrected chi connectivity index (χ2v) is 6.34. The Bertz CT molecular complexity index is 785. The number of benzene rings is 1. The summed E-state index contributed by atoms with van der Waals surface area (Å²) in [7, 11) is 3.07. The maximum Gasteiger partial charge on any atom is 0.387 e. The third kappa shape index (κ3) is 8.03. The maximum atomic E-state index is 12.5. The molecule has 7 nitrogen and oxygen atoms in total. The second-order valence-electron chi connectivity index (χ2n) is 6.34. The van der Waals surface area contributed by atoms with Gasteiger partial charge in [-0.25, -0.2) is 0 Å². The fourth-order valence-corrected chi connectivity index (χ4v) is 2.47. The van der Waals surface area contributed by atoms with Crippen molar-refractivity contribution in [3.8, 4) is 11.5 Å². The minimum absolute atomic E-state index is 0. The zero-order chi connectivity index (χ0) is 20.5. The summed E-state index contributed by atoms with van der Waals surface area (Å²) in [5.41, 5.74) is 1.73. The molecule has 0 radical (unpaired) electrons. The van der Waals surface area contributed by atoms with Gasteiger partial charge in [0, 0.05) is 19.7 Å². The van der Waals surface area contributed by atoms with Crippen molar-refractivity contribution >= 4 is 29.9 Å². The van der Waals surface area contributed by atoms with Gasteiger partial charge in [-0.1, -0.05) is 25.1 Å². The standard InChI is InChI=1S/C19H26F2N4O3.HI/c1-12(2)15-10-14(28-25-15)11-24-19(22-3)23-8-7-13-5-6-16(26-4)17(9-13)27-18(20)21;/h5-6,9-10,12,18H,7-8,11H2,1-4H3,(H2,22,23,24);1H. The van der Waals surface area contributed by atoms with Gasteiger partial charge in [0.2, 0.25) is 0 Å². The summed E-state index contributed by atoms with van der Waals surface area (Å²) in [6, 6.07) is 6.87. The number of hydrogen-bond acceptors (Lipinski definition) is 5. The van der Waals surface area contributed by atoms with Crippen molar-refractivity contribution in [1.82, 2.24) is 15.8 Å². The first-order valence-electron chi connectivity index (χ1n) is 8.94. The van der Waals surface area contributed by atoms with Crippen molar-refractivity contribution in [2.75, 3.05) is 20.7 Å². The highest BCUT2D eigenvalue weighted by Gasteiger charge is 2.12. The van der Waals surface area contributed by atoms with Crippen LogP contribution in [0.4, 0.5) is 8.78 Å². The Labute approximate surface area is 186 Å². The molecule has 0 spiro atoms. The van der Waals surface area contributed by atoms with Crippen molar-refractivity contribution < 1.29 is 22.8 Å². The molecular weight excluding hydrogens is 497 g/mol. The molecule has 1 heterocycles. The number of aromatic nitrogens is 1. The van der Waals surface area contributed by atoms with Gasteiger partial charge in [-0.3, -0.25) is 4.99 Å². The van der Waals surface area contributed by atoms with E-state index in [0.717, 1.165) is 17.0 Å². The first-order valence-corrected chi connectivity index (χ1v) is 8.94. The Balaban J connectivity index is 0.00000420. The van der Waals surface area contributed by atoms with E-state index in [2.05, 4.69) is 25.5 Å². The van der Waals surface area contributed by atoms with Gasteiger partial charge in [-0.2, -0.15) is 8.78 Å². The average molecular weight is 524 g/mol.